The van der Waals surface area contributed by atoms with Gasteiger partial charge in [-0.25, -0.2) is 4.79 Å². The number of aryl methyl sites for hydroxylation is 1. The molecule has 11 heteroatoms. The van der Waals surface area contributed by atoms with Crippen LogP contribution in [-0.2, 0) is 23.1 Å². The molecule has 0 saturated carbocycles. The summed E-state index contributed by atoms with van der Waals surface area (Å²) in [7, 11) is 3.32. The van der Waals surface area contributed by atoms with Crippen molar-refractivity contribution in [2.24, 2.45) is 7.05 Å². The monoisotopic (exact) mass is 440 g/mol. The van der Waals surface area contributed by atoms with Gasteiger partial charge in [-0.3, -0.25) is 14.4 Å². The fourth-order valence-electron chi connectivity index (χ4n) is 2.84. The number of likely N-dealkylation sites (N-methyl/N-ethyl adjacent to an activating group) is 1. The van der Waals surface area contributed by atoms with Crippen molar-refractivity contribution in [1.82, 2.24) is 14.7 Å². The van der Waals surface area contributed by atoms with Crippen LogP contribution in [0.2, 0.25) is 0 Å². The Hall–Kier alpha value is -3.21. The summed E-state index contributed by atoms with van der Waals surface area (Å²) in [4.78, 5) is 26.2. The Labute approximate surface area is 178 Å². The molecule has 31 heavy (non-hydrogen) atoms. The second kappa shape index (κ2) is 11.3. The highest BCUT2D eigenvalue weighted by atomic mass is 19.3. The number of ether oxygens (including phenoxy) is 3. The van der Waals surface area contributed by atoms with Gasteiger partial charge in [0.15, 0.2) is 11.5 Å². The van der Waals surface area contributed by atoms with Crippen LogP contribution >= 0.6 is 0 Å². The lowest BCUT2D eigenvalue weighted by Crippen LogP contribution is -2.31. The molecule has 0 saturated heterocycles. The minimum atomic E-state index is -2.96. The zero-order valence-corrected chi connectivity index (χ0v) is 17.9. The van der Waals surface area contributed by atoms with Crippen molar-refractivity contribution in [3.05, 3.63) is 35.5 Å². The number of nitrogens with zero attached hydrogens (tertiary/aromatic N) is 3. The van der Waals surface area contributed by atoms with Gasteiger partial charge in [0, 0.05) is 13.6 Å². The second-order valence-electron chi connectivity index (χ2n) is 6.56. The SMILES string of the molecule is CCOC(=O)c1cnn(C)c1NC(=O)CN(C)Cc1ccc(OC(F)F)c(OCC)c1. The lowest BCUT2D eigenvalue weighted by molar-refractivity contribution is -0.117. The maximum atomic E-state index is 12.5. The molecule has 0 aliphatic carbocycles. The number of nitrogens with one attached hydrogen (secondary N) is 1. The maximum absolute atomic E-state index is 12.5. The summed E-state index contributed by atoms with van der Waals surface area (Å²) in [5.74, 6) is -0.548. The summed E-state index contributed by atoms with van der Waals surface area (Å²) in [6.07, 6.45) is 1.33. The number of carbonyl (C=O) groups is 2. The molecule has 0 unspecified atom stereocenters. The third kappa shape index (κ3) is 6.92. The summed E-state index contributed by atoms with van der Waals surface area (Å²) in [5, 5.41) is 6.65. The molecule has 0 aliphatic heterocycles. The van der Waals surface area contributed by atoms with Crippen molar-refractivity contribution >= 4 is 17.7 Å². The normalized spacial score (nSPS) is 11.0. The van der Waals surface area contributed by atoms with E-state index in [-0.39, 0.29) is 48.5 Å². The Morgan fingerprint density at radius 3 is 2.61 bits per heavy atom. The molecule has 170 valence electrons. The van der Waals surface area contributed by atoms with Crippen LogP contribution < -0.4 is 14.8 Å². The Morgan fingerprint density at radius 1 is 1.23 bits per heavy atom. The minimum absolute atomic E-state index is 0.00665. The van der Waals surface area contributed by atoms with E-state index in [0.717, 1.165) is 5.56 Å². The molecule has 0 bridgehead atoms. The molecular weight excluding hydrogens is 414 g/mol. The van der Waals surface area contributed by atoms with Crippen LogP contribution in [0.4, 0.5) is 14.6 Å². The number of hydrogen-bond acceptors (Lipinski definition) is 7. The number of esters is 1. The Kier molecular flexibility index (Phi) is 8.74. The number of amides is 1. The quantitative estimate of drug-likeness (QED) is 0.537. The molecule has 1 N–H and O–H groups in total. The van der Waals surface area contributed by atoms with Gasteiger partial charge in [0.25, 0.3) is 0 Å². The summed E-state index contributed by atoms with van der Waals surface area (Å²) < 4.78 is 41.2. The zero-order chi connectivity index (χ0) is 23.0. The summed E-state index contributed by atoms with van der Waals surface area (Å²) in [5.41, 5.74) is 0.907. The predicted octanol–water partition coefficient (Wildman–Crippen LogP) is 2.67. The van der Waals surface area contributed by atoms with Crippen LogP contribution in [0.3, 0.4) is 0 Å². The van der Waals surface area contributed by atoms with Crippen LogP contribution in [0.1, 0.15) is 29.8 Å². The van der Waals surface area contributed by atoms with E-state index >= 15 is 0 Å². The number of hydrogen-bond donors (Lipinski definition) is 1. The van der Waals surface area contributed by atoms with Crippen LogP contribution in [-0.4, -0.2) is 60.0 Å². The van der Waals surface area contributed by atoms with Gasteiger partial charge in [0.2, 0.25) is 5.91 Å². The standard InChI is InChI=1S/C20H26F2N4O5/c1-5-29-16-9-13(7-8-15(16)31-20(21)22)11-25(3)12-17(27)24-18-14(10-23-26(18)4)19(28)30-6-2/h7-10,20H,5-6,11-12H2,1-4H3,(H,24,27). The molecule has 1 aromatic heterocycles. The van der Waals surface area contributed by atoms with E-state index in [2.05, 4.69) is 15.2 Å². The van der Waals surface area contributed by atoms with E-state index in [9.17, 15) is 18.4 Å². The number of aromatic nitrogens is 2. The van der Waals surface area contributed by atoms with E-state index in [1.807, 2.05) is 0 Å². The van der Waals surface area contributed by atoms with E-state index in [1.54, 1.807) is 45.0 Å². The first-order valence-corrected chi connectivity index (χ1v) is 9.63. The van der Waals surface area contributed by atoms with E-state index in [1.165, 1.54) is 16.9 Å². The van der Waals surface area contributed by atoms with Gasteiger partial charge in [0.1, 0.15) is 11.4 Å². The van der Waals surface area contributed by atoms with E-state index < -0.39 is 12.6 Å². The number of rotatable bonds is 11. The Bertz CT molecular complexity index is 904. The Morgan fingerprint density at radius 2 is 1.97 bits per heavy atom. The summed E-state index contributed by atoms with van der Waals surface area (Å²) in [6.45, 7) is 1.31. The van der Waals surface area contributed by atoms with Crippen molar-refractivity contribution in [3.8, 4) is 11.5 Å². The van der Waals surface area contributed by atoms with Gasteiger partial charge in [-0.1, -0.05) is 6.07 Å². The molecule has 2 rings (SSSR count). The third-order valence-electron chi connectivity index (χ3n) is 4.08. The molecule has 9 nitrogen and oxygen atoms in total. The van der Waals surface area contributed by atoms with Crippen molar-refractivity contribution in [2.45, 2.75) is 27.0 Å². The molecule has 0 aliphatic rings. The van der Waals surface area contributed by atoms with E-state index in [4.69, 9.17) is 9.47 Å². The van der Waals surface area contributed by atoms with Crippen LogP contribution in [0.25, 0.3) is 0 Å². The second-order valence-corrected chi connectivity index (χ2v) is 6.56. The number of anilines is 1. The third-order valence-corrected chi connectivity index (χ3v) is 4.08. The van der Waals surface area contributed by atoms with Crippen molar-refractivity contribution < 1.29 is 32.6 Å². The summed E-state index contributed by atoms with van der Waals surface area (Å²) in [6, 6.07) is 4.62. The van der Waals surface area contributed by atoms with Gasteiger partial charge >= 0.3 is 12.6 Å². The molecule has 0 radical (unpaired) electrons. The number of benzene rings is 1. The van der Waals surface area contributed by atoms with Crippen LogP contribution in [0.15, 0.2) is 24.4 Å². The molecular formula is C20H26F2N4O5. The van der Waals surface area contributed by atoms with Gasteiger partial charge in [-0.15, -0.1) is 0 Å². The first-order chi connectivity index (χ1) is 14.7. The fraction of sp³-hybridized carbons (Fsp3) is 0.450. The minimum Gasteiger partial charge on any atom is -0.490 e. The van der Waals surface area contributed by atoms with Gasteiger partial charge in [-0.2, -0.15) is 13.9 Å². The van der Waals surface area contributed by atoms with E-state index in [0.29, 0.717) is 6.54 Å². The van der Waals surface area contributed by atoms with Crippen LogP contribution in [0, 0.1) is 0 Å². The van der Waals surface area contributed by atoms with Gasteiger partial charge in [-0.05, 0) is 38.6 Å². The highest BCUT2D eigenvalue weighted by Crippen LogP contribution is 2.30. The number of alkyl halides is 2. The molecule has 1 amide bonds. The lowest BCUT2D eigenvalue weighted by Gasteiger charge is -2.18. The van der Waals surface area contributed by atoms with Gasteiger partial charge in [0.05, 0.1) is 26.0 Å². The van der Waals surface area contributed by atoms with Crippen LogP contribution in [0.5, 0.6) is 11.5 Å². The van der Waals surface area contributed by atoms with Crippen molar-refractivity contribution in [2.75, 3.05) is 32.1 Å². The first-order valence-electron chi connectivity index (χ1n) is 9.63. The smallest absolute Gasteiger partial charge is 0.387 e. The highest BCUT2D eigenvalue weighted by molar-refractivity contribution is 6.00. The topological polar surface area (TPSA) is 94.9 Å². The number of carbonyl (C=O) groups excluding carboxylic acids is 2. The first kappa shape index (κ1) is 24.1. The molecule has 0 atom stereocenters. The molecule has 0 spiro atoms. The maximum Gasteiger partial charge on any atom is 0.387 e. The summed E-state index contributed by atoms with van der Waals surface area (Å²) >= 11 is 0. The van der Waals surface area contributed by atoms with Gasteiger partial charge < -0.3 is 19.5 Å². The van der Waals surface area contributed by atoms with Crippen molar-refractivity contribution in [1.29, 1.82) is 0 Å². The highest BCUT2D eigenvalue weighted by Gasteiger charge is 2.20. The predicted molar refractivity (Wildman–Crippen MR) is 108 cm³/mol. The molecule has 2 aromatic rings. The average Bonchev–Trinajstić information content (AvgIpc) is 3.04. The lowest BCUT2D eigenvalue weighted by atomic mass is 10.2. The molecule has 1 aromatic carbocycles. The van der Waals surface area contributed by atoms with Crippen molar-refractivity contribution in [3.63, 3.8) is 0 Å². The zero-order valence-electron chi connectivity index (χ0n) is 17.9. The Balaban J connectivity index is 2.02. The largest absolute Gasteiger partial charge is 0.490 e. The molecule has 1 heterocycles. The fourth-order valence-corrected chi connectivity index (χ4v) is 2.84. The molecule has 0 fully saturated rings. The average molecular weight is 440 g/mol. The number of halogens is 2.